The number of hydrogen-bond donors (Lipinski definition) is 2. The number of carbonyl (C=O) groups is 2. The van der Waals surface area contributed by atoms with Gasteiger partial charge in [-0.15, -0.1) is 0 Å². The number of rotatable bonds is 6. The summed E-state index contributed by atoms with van der Waals surface area (Å²) in [5, 5.41) is 10.7. The number of carboxylic acids is 1. The normalized spacial score (nSPS) is 13.2. The molecule has 0 heterocycles. The molecule has 2 N–H and O–H groups in total. The topological polar surface area (TPSA) is 66.4 Å². The van der Waals surface area contributed by atoms with E-state index in [4.69, 9.17) is 5.11 Å². The van der Waals surface area contributed by atoms with Gasteiger partial charge in [-0.05, 0) is 6.42 Å². The average Bonchev–Trinajstić information content (AvgIpc) is 2.13. The summed E-state index contributed by atoms with van der Waals surface area (Å²) >= 11 is 0. The van der Waals surface area contributed by atoms with Crippen LogP contribution in [-0.4, -0.2) is 29.2 Å². The smallest absolute Gasteiger partial charge is 0.389 e. The van der Waals surface area contributed by atoms with E-state index in [0.29, 0.717) is 6.42 Å². The lowest BCUT2D eigenvalue weighted by molar-refractivity contribution is -0.147. The number of aliphatic carboxylic acids is 1. The summed E-state index contributed by atoms with van der Waals surface area (Å²) in [6.45, 7) is 1.72. The van der Waals surface area contributed by atoms with Gasteiger partial charge in [0.05, 0.1) is 6.42 Å². The first-order chi connectivity index (χ1) is 7.26. The maximum atomic E-state index is 11.8. The van der Waals surface area contributed by atoms with Crippen LogP contribution in [0.3, 0.4) is 0 Å². The molecule has 7 heteroatoms. The van der Waals surface area contributed by atoms with E-state index >= 15 is 0 Å². The second-order valence-corrected chi connectivity index (χ2v) is 3.36. The van der Waals surface area contributed by atoms with Gasteiger partial charge in [0.1, 0.15) is 6.04 Å². The average molecular weight is 241 g/mol. The highest BCUT2D eigenvalue weighted by atomic mass is 19.4. The summed E-state index contributed by atoms with van der Waals surface area (Å²) in [4.78, 5) is 21.6. The van der Waals surface area contributed by atoms with Gasteiger partial charge in [-0.25, -0.2) is 4.79 Å². The van der Waals surface area contributed by atoms with Crippen LogP contribution in [0.4, 0.5) is 13.2 Å². The maximum Gasteiger partial charge on any atom is 0.389 e. The molecule has 1 atom stereocenters. The SMILES string of the molecule is CCC[C@H](NC(=O)CCC(F)(F)F)C(=O)O. The predicted octanol–water partition coefficient (Wildman–Crippen LogP) is 1.70. The summed E-state index contributed by atoms with van der Waals surface area (Å²) in [6, 6.07) is -1.11. The lowest BCUT2D eigenvalue weighted by Gasteiger charge is -2.13. The molecule has 94 valence electrons. The number of hydrogen-bond acceptors (Lipinski definition) is 2. The number of alkyl halides is 3. The first-order valence-electron chi connectivity index (χ1n) is 4.85. The Kier molecular flexibility index (Phi) is 5.84. The molecule has 0 aromatic rings. The van der Waals surface area contributed by atoms with Crippen LogP contribution in [0.5, 0.6) is 0 Å². The van der Waals surface area contributed by atoms with Crippen molar-refractivity contribution in [3.63, 3.8) is 0 Å². The lowest BCUT2D eigenvalue weighted by Crippen LogP contribution is -2.40. The van der Waals surface area contributed by atoms with Crippen molar-refractivity contribution in [2.24, 2.45) is 0 Å². The summed E-state index contributed by atoms with van der Waals surface area (Å²) in [5.74, 6) is -2.12. The van der Waals surface area contributed by atoms with Crippen molar-refractivity contribution in [2.45, 2.75) is 44.8 Å². The van der Waals surface area contributed by atoms with E-state index in [1.807, 2.05) is 0 Å². The molecule has 0 aliphatic heterocycles. The fraction of sp³-hybridized carbons (Fsp3) is 0.778. The van der Waals surface area contributed by atoms with E-state index in [9.17, 15) is 22.8 Å². The standard InChI is InChI=1S/C9H14F3NO3/c1-2-3-6(8(15)16)13-7(14)4-5-9(10,11)12/h6H,2-5H2,1H3,(H,13,14)(H,15,16)/t6-/m0/s1. The van der Waals surface area contributed by atoms with Crippen LogP contribution in [0.25, 0.3) is 0 Å². The van der Waals surface area contributed by atoms with Crippen molar-refractivity contribution in [1.82, 2.24) is 5.32 Å². The quantitative estimate of drug-likeness (QED) is 0.743. The minimum absolute atomic E-state index is 0.201. The number of carboxylic acid groups (broad SMARTS) is 1. The molecule has 0 unspecified atom stereocenters. The van der Waals surface area contributed by atoms with E-state index in [-0.39, 0.29) is 6.42 Å². The number of halogens is 3. The Morgan fingerprint density at radius 2 is 1.94 bits per heavy atom. The second kappa shape index (κ2) is 6.34. The van der Waals surface area contributed by atoms with Crippen molar-refractivity contribution in [2.75, 3.05) is 0 Å². The minimum Gasteiger partial charge on any atom is -0.480 e. The highest BCUT2D eigenvalue weighted by Crippen LogP contribution is 2.21. The summed E-state index contributed by atoms with van der Waals surface area (Å²) in [5.41, 5.74) is 0. The molecule has 0 saturated carbocycles. The van der Waals surface area contributed by atoms with Gasteiger partial charge < -0.3 is 10.4 Å². The third-order valence-corrected chi connectivity index (χ3v) is 1.85. The number of carbonyl (C=O) groups excluding carboxylic acids is 1. The zero-order valence-corrected chi connectivity index (χ0v) is 8.80. The second-order valence-electron chi connectivity index (χ2n) is 3.36. The van der Waals surface area contributed by atoms with Crippen LogP contribution in [0, 0.1) is 0 Å². The van der Waals surface area contributed by atoms with Gasteiger partial charge in [0.2, 0.25) is 5.91 Å². The van der Waals surface area contributed by atoms with Crippen LogP contribution >= 0.6 is 0 Å². The Labute approximate surface area is 90.8 Å². The van der Waals surface area contributed by atoms with Crippen LogP contribution < -0.4 is 5.32 Å². The van der Waals surface area contributed by atoms with E-state index in [0.717, 1.165) is 0 Å². The first-order valence-corrected chi connectivity index (χ1v) is 4.85. The lowest BCUT2D eigenvalue weighted by atomic mass is 10.1. The van der Waals surface area contributed by atoms with Crippen molar-refractivity contribution < 1.29 is 27.9 Å². The molecule has 0 fully saturated rings. The van der Waals surface area contributed by atoms with E-state index in [2.05, 4.69) is 5.32 Å². The molecule has 16 heavy (non-hydrogen) atoms. The van der Waals surface area contributed by atoms with Crippen LogP contribution in [0.15, 0.2) is 0 Å². The Bertz CT molecular complexity index is 253. The third-order valence-electron chi connectivity index (χ3n) is 1.85. The summed E-state index contributed by atoms with van der Waals surface area (Å²) < 4.78 is 35.3. The van der Waals surface area contributed by atoms with Gasteiger partial charge in [0, 0.05) is 6.42 Å². The molecule has 0 rings (SSSR count). The maximum absolute atomic E-state index is 11.8. The summed E-state index contributed by atoms with van der Waals surface area (Å²) in [6.07, 6.45) is -5.65. The van der Waals surface area contributed by atoms with Crippen molar-refractivity contribution in [3.8, 4) is 0 Å². The molecule has 1 amide bonds. The fourth-order valence-corrected chi connectivity index (χ4v) is 1.07. The molecule has 0 bridgehead atoms. The molecule has 0 saturated heterocycles. The Balaban J connectivity index is 4.05. The van der Waals surface area contributed by atoms with Gasteiger partial charge >= 0.3 is 12.1 Å². The fourth-order valence-electron chi connectivity index (χ4n) is 1.07. The first kappa shape index (κ1) is 14.7. The van der Waals surface area contributed by atoms with E-state index < -0.39 is 36.9 Å². The van der Waals surface area contributed by atoms with Gasteiger partial charge in [-0.2, -0.15) is 13.2 Å². The Morgan fingerprint density at radius 3 is 2.31 bits per heavy atom. The monoisotopic (exact) mass is 241 g/mol. The number of amides is 1. The van der Waals surface area contributed by atoms with E-state index in [1.54, 1.807) is 6.92 Å². The van der Waals surface area contributed by atoms with Crippen LogP contribution in [-0.2, 0) is 9.59 Å². The minimum atomic E-state index is -4.40. The molecule has 4 nitrogen and oxygen atoms in total. The Morgan fingerprint density at radius 1 is 1.38 bits per heavy atom. The summed E-state index contributed by atoms with van der Waals surface area (Å²) in [7, 11) is 0. The van der Waals surface area contributed by atoms with Crippen molar-refractivity contribution in [3.05, 3.63) is 0 Å². The molecule has 0 radical (unpaired) electrons. The highest BCUT2D eigenvalue weighted by molar-refractivity contribution is 5.83. The molecule has 0 spiro atoms. The van der Waals surface area contributed by atoms with Crippen LogP contribution in [0.1, 0.15) is 32.6 Å². The van der Waals surface area contributed by atoms with E-state index in [1.165, 1.54) is 0 Å². The largest absolute Gasteiger partial charge is 0.480 e. The number of nitrogens with one attached hydrogen (secondary N) is 1. The molecule has 0 aliphatic carbocycles. The molecule has 0 aromatic carbocycles. The Hall–Kier alpha value is -1.27. The van der Waals surface area contributed by atoms with Crippen molar-refractivity contribution >= 4 is 11.9 Å². The van der Waals surface area contributed by atoms with Gasteiger partial charge in [-0.1, -0.05) is 13.3 Å². The molecule has 0 aliphatic rings. The predicted molar refractivity (Wildman–Crippen MR) is 49.8 cm³/mol. The zero-order valence-electron chi connectivity index (χ0n) is 8.80. The molecular weight excluding hydrogens is 227 g/mol. The third kappa shape index (κ3) is 7.08. The van der Waals surface area contributed by atoms with Gasteiger partial charge in [-0.3, -0.25) is 4.79 Å². The van der Waals surface area contributed by atoms with Crippen molar-refractivity contribution in [1.29, 1.82) is 0 Å². The molecular formula is C9H14F3NO3. The van der Waals surface area contributed by atoms with Crippen LogP contribution in [0.2, 0.25) is 0 Å². The zero-order chi connectivity index (χ0) is 12.8. The molecule has 0 aromatic heterocycles. The van der Waals surface area contributed by atoms with Gasteiger partial charge in [0.25, 0.3) is 0 Å². The van der Waals surface area contributed by atoms with Gasteiger partial charge in [0.15, 0.2) is 0 Å². The highest BCUT2D eigenvalue weighted by Gasteiger charge is 2.28.